The number of nitrogens with one attached hydrogen (secondary N) is 2. The molecule has 0 heterocycles. The number of ether oxygens (including phenoxy) is 1. The van der Waals surface area contributed by atoms with Crippen molar-refractivity contribution in [2.45, 2.75) is 19.8 Å². The standard InChI is InChI=1S/C18H21N3O3/c1-12(22)20-14-4-3-5-15(11-14)21-18(23)9-7-13-6-8-17(24-2)16(19)10-13/h3-6,8,10-11H,7,9,19H2,1-2H3,(H,20,22)(H,21,23). The molecule has 0 saturated heterocycles. The zero-order valence-electron chi connectivity index (χ0n) is 13.8. The van der Waals surface area contributed by atoms with Gasteiger partial charge in [-0.1, -0.05) is 12.1 Å². The second kappa shape index (κ2) is 8.01. The summed E-state index contributed by atoms with van der Waals surface area (Å²) in [4.78, 5) is 23.1. The van der Waals surface area contributed by atoms with E-state index in [-0.39, 0.29) is 11.8 Å². The second-order valence-electron chi connectivity index (χ2n) is 5.39. The number of amides is 2. The lowest BCUT2D eigenvalue weighted by Gasteiger charge is -2.09. The summed E-state index contributed by atoms with van der Waals surface area (Å²) >= 11 is 0. The first-order chi connectivity index (χ1) is 11.5. The number of carbonyl (C=O) groups excluding carboxylic acids is 2. The summed E-state index contributed by atoms with van der Waals surface area (Å²) in [6.07, 6.45) is 0.904. The molecule has 6 heteroatoms. The average Bonchev–Trinajstić information content (AvgIpc) is 2.53. The van der Waals surface area contributed by atoms with Gasteiger partial charge in [0.15, 0.2) is 0 Å². The SMILES string of the molecule is COc1ccc(CCC(=O)Nc2cccc(NC(C)=O)c2)cc1N. The van der Waals surface area contributed by atoms with Crippen LogP contribution in [0.3, 0.4) is 0 Å². The maximum absolute atomic E-state index is 12.1. The molecule has 6 nitrogen and oxygen atoms in total. The van der Waals surface area contributed by atoms with Crippen molar-refractivity contribution in [1.29, 1.82) is 0 Å². The third-order valence-electron chi connectivity index (χ3n) is 3.40. The van der Waals surface area contributed by atoms with Gasteiger partial charge in [0.2, 0.25) is 11.8 Å². The maximum Gasteiger partial charge on any atom is 0.224 e. The van der Waals surface area contributed by atoms with Gasteiger partial charge >= 0.3 is 0 Å². The number of anilines is 3. The van der Waals surface area contributed by atoms with Gasteiger partial charge in [0.05, 0.1) is 12.8 Å². The summed E-state index contributed by atoms with van der Waals surface area (Å²) in [5.74, 6) is 0.359. The first-order valence-corrected chi connectivity index (χ1v) is 7.58. The largest absolute Gasteiger partial charge is 0.495 e. The molecule has 0 aliphatic carbocycles. The minimum absolute atomic E-state index is 0.107. The lowest BCUT2D eigenvalue weighted by molar-refractivity contribution is -0.116. The number of hydrogen-bond donors (Lipinski definition) is 3. The lowest BCUT2D eigenvalue weighted by atomic mass is 10.1. The van der Waals surface area contributed by atoms with E-state index in [2.05, 4.69) is 10.6 Å². The molecule has 0 aromatic heterocycles. The van der Waals surface area contributed by atoms with E-state index in [0.717, 1.165) is 5.56 Å². The van der Waals surface area contributed by atoms with Crippen molar-refractivity contribution in [3.63, 3.8) is 0 Å². The Balaban J connectivity index is 1.91. The zero-order valence-corrected chi connectivity index (χ0v) is 13.8. The fourth-order valence-electron chi connectivity index (χ4n) is 2.30. The predicted molar refractivity (Wildman–Crippen MR) is 95.1 cm³/mol. The summed E-state index contributed by atoms with van der Waals surface area (Å²) in [6, 6.07) is 12.5. The molecule has 0 radical (unpaired) electrons. The van der Waals surface area contributed by atoms with Gasteiger partial charge in [0.25, 0.3) is 0 Å². The van der Waals surface area contributed by atoms with E-state index in [9.17, 15) is 9.59 Å². The van der Waals surface area contributed by atoms with E-state index in [1.165, 1.54) is 6.92 Å². The van der Waals surface area contributed by atoms with Gasteiger partial charge < -0.3 is 21.1 Å². The topological polar surface area (TPSA) is 93.5 Å². The van der Waals surface area contributed by atoms with Crippen LogP contribution in [0.5, 0.6) is 5.75 Å². The van der Waals surface area contributed by atoms with Crippen molar-refractivity contribution >= 4 is 28.9 Å². The first kappa shape index (κ1) is 17.3. The van der Waals surface area contributed by atoms with E-state index >= 15 is 0 Å². The summed E-state index contributed by atoms with van der Waals surface area (Å²) in [5.41, 5.74) is 8.66. The number of benzene rings is 2. The van der Waals surface area contributed by atoms with Crippen LogP contribution in [0.15, 0.2) is 42.5 Å². The lowest BCUT2D eigenvalue weighted by Crippen LogP contribution is -2.13. The van der Waals surface area contributed by atoms with Crippen LogP contribution < -0.4 is 21.1 Å². The quantitative estimate of drug-likeness (QED) is 0.711. The monoisotopic (exact) mass is 327 g/mol. The summed E-state index contributed by atoms with van der Waals surface area (Å²) < 4.78 is 5.11. The number of hydrogen-bond acceptors (Lipinski definition) is 4. The molecule has 2 aromatic rings. The van der Waals surface area contributed by atoms with Crippen LogP contribution in [-0.4, -0.2) is 18.9 Å². The fraction of sp³-hybridized carbons (Fsp3) is 0.222. The van der Waals surface area contributed by atoms with Crippen LogP contribution in [0.25, 0.3) is 0 Å². The third kappa shape index (κ3) is 5.01. The van der Waals surface area contributed by atoms with Crippen molar-refractivity contribution in [3.8, 4) is 5.75 Å². The molecule has 2 aromatic carbocycles. The molecule has 24 heavy (non-hydrogen) atoms. The Labute approximate surface area is 141 Å². The van der Waals surface area contributed by atoms with Crippen molar-refractivity contribution in [3.05, 3.63) is 48.0 Å². The summed E-state index contributed by atoms with van der Waals surface area (Å²) in [5, 5.41) is 5.49. The molecular weight excluding hydrogens is 306 g/mol. The normalized spacial score (nSPS) is 10.1. The van der Waals surface area contributed by atoms with Crippen LogP contribution >= 0.6 is 0 Å². The summed E-state index contributed by atoms with van der Waals surface area (Å²) in [7, 11) is 1.56. The van der Waals surface area contributed by atoms with Crippen LogP contribution in [0, 0.1) is 0 Å². The van der Waals surface area contributed by atoms with Gasteiger partial charge in [0, 0.05) is 24.7 Å². The smallest absolute Gasteiger partial charge is 0.224 e. The van der Waals surface area contributed by atoms with Crippen LogP contribution in [0.4, 0.5) is 17.1 Å². The van der Waals surface area contributed by atoms with E-state index < -0.39 is 0 Å². The number of rotatable bonds is 6. The molecule has 126 valence electrons. The van der Waals surface area contributed by atoms with Crippen LogP contribution in [0.2, 0.25) is 0 Å². The molecule has 2 rings (SSSR count). The Kier molecular flexibility index (Phi) is 5.78. The van der Waals surface area contributed by atoms with Crippen molar-refractivity contribution in [1.82, 2.24) is 0 Å². The fourth-order valence-corrected chi connectivity index (χ4v) is 2.30. The average molecular weight is 327 g/mol. The molecule has 0 spiro atoms. The highest BCUT2D eigenvalue weighted by Crippen LogP contribution is 2.22. The highest BCUT2D eigenvalue weighted by molar-refractivity contribution is 5.93. The van der Waals surface area contributed by atoms with Gasteiger partial charge in [0.1, 0.15) is 5.75 Å². The Hall–Kier alpha value is -3.02. The Morgan fingerprint density at radius 1 is 1.08 bits per heavy atom. The Bertz CT molecular complexity index is 744. The predicted octanol–water partition coefficient (Wildman–Crippen LogP) is 2.81. The minimum Gasteiger partial charge on any atom is -0.495 e. The van der Waals surface area contributed by atoms with Crippen molar-refractivity contribution in [2.75, 3.05) is 23.5 Å². The number of nitrogens with two attached hydrogens (primary N) is 1. The van der Waals surface area contributed by atoms with Crippen LogP contribution in [-0.2, 0) is 16.0 Å². The molecule has 4 N–H and O–H groups in total. The molecule has 2 amide bonds. The second-order valence-corrected chi connectivity index (χ2v) is 5.39. The van der Waals surface area contributed by atoms with Crippen molar-refractivity contribution in [2.24, 2.45) is 0 Å². The van der Waals surface area contributed by atoms with Gasteiger partial charge in [-0.05, 0) is 42.3 Å². The highest BCUT2D eigenvalue weighted by atomic mass is 16.5. The molecule has 0 unspecified atom stereocenters. The zero-order chi connectivity index (χ0) is 17.5. The van der Waals surface area contributed by atoms with E-state index in [0.29, 0.717) is 35.7 Å². The Morgan fingerprint density at radius 3 is 2.42 bits per heavy atom. The molecule has 0 aliphatic rings. The first-order valence-electron chi connectivity index (χ1n) is 7.58. The van der Waals surface area contributed by atoms with E-state index in [4.69, 9.17) is 10.5 Å². The highest BCUT2D eigenvalue weighted by Gasteiger charge is 2.06. The molecule has 0 atom stereocenters. The van der Waals surface area contributed by atoms with Gasteiger partial charge in [-0.2, -0.15) is 0 Å². The van der Waals surface area contributed by atoms with Crippen LogP contribution in [0.1, 0.15) is 18.9 Å². The van der Waals surface area contributed by atoms with Gasteiger partial charge in [-0.15, -0.1) is 0 Å². The van der Waals surface area contributed by atoms with E-state index in [1.807, 2.05) is 12.1 Å². The third-order valence-corrected chi connectivity index (χ3v) is 3.40. The number of methoxy groups -OCH3 is 1. The molecule has 0 fully saturated rings. The Morgan fingerprint density at radius 2 is 1.79 bits per heavy atom. The summed E-state index contributed by atoms with van der Waals surface area (Å²) in [6.45, 7) is 1.44. The van der Waals surface area contributed by atoms with Gasteiger partial charge in [-0.25, -0.2) is 0 Å². The van der Waals surface area contributed by atoms with Gasteiger partial charge in [-0.3, -0.25) is 9.59 Å². The van der Waals surface area contributed by atoms with Crippen molar-refractivity contribution < 1.29 is 14.3 Å². The number of nitrogen functional groups attached to an aromatic ring is 1. The maximum atomic E-state index is 12.1. The van der Waals surface area contributed by atoms with E-state index in [1.54, 1.807) is 37.4 Å². The molecule has 0 saturated carbocycles. The number of aryl methyl sites for hydroxylation is 1. The number of carbonyl (C=O) groups is 2. The molecule has 0 bridgehead atoms. The minimum atomic E-state index is -0.157. The molecule has 0 aliphatic heterocycles. The molecular formula is C18H21N3O3.